The Morgan fingerprint density at radius 1 is 1.19 bits per heavy atom. The molecule has 0 radical (unpaired) electrons. The zero-order chi connectivity index (χ0) is 21.9. The summed E-state index contributed by atoms with van der Waals surface area (Å²) < 4.78 is 11.8. The number of amides is 1. The molecule has 2 aromatic heterocycles. The lowest BCUT2D eigenvalue weighted by Gasteiger charge is -2.32. The van der Waals surface area contributed by atoms with E-state index in [9.17, 15) is 4.79 Å². The number of furan rings is 1. The molecule has 32 heavy (non-hydrogen) atoms. The second-order valence-corrected chi connectivity index (χ2v) is 8.02. The van der Waals surface area contributed by atoms with E-state index in [0.29, 0.717) is 25.3 Å². The van der Waals surface area contributed by atoms with E-state index in [1.807, 2.05) is 55.5 Å². The fraction of sp³-hybridized carbons (Fsp3) is 0.320. The number of carbonyl (C=O) groups excluding carboxylic acids is 1. The van der Waals surface area contributed by atoms with Gasteiger partial charge in [-0.15, -0.1) is 0 Å². The Morgan fingerprint density at radius 3 is 2.94 bits per heavy atom. The number of hydrogen-bond acceptors (Lipinski definition) is 6. The first kappa shape index (κ1) is 20.3. The maximum absolute atomic E-state index is 13.0. The molecular formula is C25H26N4O3. The number of carbonyl (C=O) groups is 1. The molecule has 1 unspecified atom stereocenters. The molecule has 1 N–H and O–H groups in total. The Labute approximate surface area is 186 Å². The van der Waals surface area contributed by atoms with Crippen LogP contribution in [-0.2, 0) is 11.3 Å². The van der Waals surface area contributed by atoms with Crippen LogP contribution < -0.4 is 15.0 Å². The van der Waals surface area contributed by atoms with E-state index in [4.69, 9.17) is 9.15 Å². The van der Waals surface area contributed by atoms with Crippen molar-refractivity contribution in [1.82, 2.24) is 15.3 Å². The van der Waals surface area contributed by atoms with Crippen LogP contribution >= 0.6 is 0 Å². The number of rotatable bonds is 6. The molecule has 0 bridgehead atoms. The Bertz CT molecular complexity index is 1250. The zero-order valence-electron chi connectivity index (χ0n) is 18.1. The molecule has 0 spiro atoms. The Morgan fingerprint density at radius 2 is 2.03 bits per heavy atom. The van der Waals surface area contributed by atoms with Gasteiger partial charge in [-0.05, 0) is 38.0 Å². The van der Waals surface area contributed by atoms with Crippen molar-refractivity contribution < 1.29 is 13.9 Å². The summed E-state index contributed by atoms with van der Waals surface area (Å²) in [4.78, 5) is 24.1. The normalized spacial score (nSPS) is 16.4. The van der Waals surface area contributed by atoms with Crippen LogP contribution in [0.1, 0.15) is 25.3 Å². The second-order valence-electron chi connectivity index (χ2n) is 8.02. The van der Waals surface area contributed by atoms with E-state index in [0.717, 1.165) is 53.0 Å². The summed E-state index contributed by atoms with van der Waals surface area (Å²) in [6.07, 6.45) is 3.34. The van der Waals surface area contributed by atoms with Gasteiger partial charge in [-0.25, -0.2) is 9.97 Å². The SMILES string of the molecule is CCOc1ccccc1CNC(=O)C1CCCN(c2ncnc3c2oc2ccccc23)C1. The van der Waals surface area contributed by atoms with Crippen molar-refractivity contribution in [1.29, 1.82) is 0 Å². The van der Waals surface area contributed by atoms with Gasteiger partial charge in [-0.1, -0.05) is 30.3 Å². The van der Waals surface area contributed by atoms with Crippen LogP contribution in [0.4, 0.5) is 5.82 Å². The molecule has 0 saturated carbocycles. The van der Waals surface area contributed by atoms with E-state index in [-0.39, 0.29) is 11.8 Å². The minimum atomic E-state index is -0.114. The Balaban J connectivity index is 1.32. The molecule has 3 heterocycles. The summed E-state index contributed by atoms with van der Waals surface area (Å²) >= 11 is 0. The highest BCUT2D eigenvalue weighted by Crippen LogP contribution is 2.33. The second kappa shape index (κ2) is 8.86. The minimum absolute atomic E-state index is 0.0518. The van der Waals surface area contributed by atoms with Crippen LogP contribution in [0.15, 0.2) is 59.3 Å². The van der Waals surface area contributed by atoms with Crippen LogP contribution in [0, 0.1) is 5.92 Å². The molecule has 7 heteroatoms. The summed E-state index contributed by atoms with van der Waals surface area (Å²) in [5, 5.41) is 4.07. The fourth-order valence-electron chi connectivity index (χ4n) is 4.39. The number of para-hydroxylation sites is 2. The standard InChI is InChI=1S/C25H26N4O3/c1-2-31-20-11-5-3-8-17(20)14-26-25(30)18-9-7-13-29(15-18)24-23-22(27-16-28-24)19-10-4-6-12-21(19)32-23/h3-6,8,10-12,16,18H,2,7,9,13-15H2,1H3,(H,26,30). The fourth-order valence-corrected chi connectivity index (χ4v) is 4.39. The maximum Gasteiger partial charge on any atom is 0.225 e. The zero-order valence-corrected chi connectivity index (χ0v) is 18.1. The van der Waals surface area contributed by atoms with Crippen molar-refractivity contribution in [2.75, 3.05) is 24.6 Å². The first-order valence-corrected chi connectivity index (χ1v) is 11.1. The number of aromatic nitrogens is 2. The van der Waals surface area contributed by atoms with Crippen molar-refractivity contribution in [3.8, 4) is 5.75 Å². The third-order valence-corrected chi connectivity index (χ3v) is 5.96. The Kier molecular flexibility index (Phi) is 5.62. The van der Waals surface area contributed by atoms with Gasteiger partial charge in [0.05, 0.1) is 12.5 Å². The molecule has 1 fully saturated rings. The van der Waals surface area contributed by atoms with Crippen LogP contribution in [0.5, 0.6) is 5.75 Å². The van der Waals surface area contributed by atoms with Crippen molar-refractivity contribution in [2.24, 2.45) is 5.92 Å². The molecule has 2 aromatic carbocycles. The number of hydrogen-bond donors (Lipinski definition) is 1. The monoisotopic (exact) mass is 430 g/mol. The van der Waals surface area contributed by atoms with Gasteiger partial charge in [0.25, 0.3) is 0 Å². The lowest BCUT2D eigenvalue weighted by molar-refractivity contribution is -0.125. The molecule has 0 aliphatic carbocycles. The number of anilines is 1. The van der Waals surface area contributed by atoms with Gasteiger partial charge in [0, 0.05) is 30.6 Å². The highest BCUT2D eigenvalue weighted by molar-refractivity contribution is 6.05. The molecule has 1 aliphatic heterocycles. The molecule has 1 amide bonds. The van der Waals surface area contributed by atoms with E-state index >= 15 is 0 Å². The molecule has 5 rings (SSSR count). The number of benzene rings is 2. The average molecular weight is 431 g/mol. The molecule has 4 aromatic rings. The van der Waals surface area contributed by atoms with E-state index in [1.165, 1.54) is 0 Å². The highest BCUT2D eigenvalue weighted by Gasteiger charge is 2.28. The summed E-state index contributed by atoms with van der Waals surface area (Å²) in [6.45, 7) is 4.44. The number of piperidine rings is 1. The molecular weight excluding hydrogens is 404 g/mol. The Hall–Kier alpha value is -3.61. The quantitative estimate of drug-likeness (QED) is 0.491. The topological polar surface area (TPSA) is 80.5 Å². The summed E-state index contributed by atoms with van der Waals surface area (Å²) in [6, 6.07) is 15.7. The lowest BCUT2D eigenvalue weighted by atomic mass is 9.97. The van der Waals surface area contributed by atoms with Gasteiger partial charge >= 0.3 is 0 Å². The van der Waals surface area contributed by atoms with Crippen molar-refractivity contribution in [3.05, 3.63) is 60.4 Å². The number of nitrogens with one attached hydrogen (secondary N) is 1. The van der Waals surface area contributed by atoms with E-state index < -0.39 is 0 Å². The molecule has 164 valence electrons. The number of ether oxygens (including phenoxy) is 1. The first-order valence-electron chi connectivity index (χ1n) is 11.1. The molecule has 1 aliphatic rings. The van der Waals surface area contributed by atoms with E-state index in [1.54, 1.807) is 6.33 Å². The largest absolute Gasteiger partial charge is 0.494 e. The minimum Gasteiger partial charge on any atom is -0.494 e. The highest BCUT2D eigenvalue weighted by atomic mass is 16.5. The van der Waals surface area contributed by atoms with Gasteiger partial charge in [-0.3, -0.25) is 4.79 Å². The van der Waals surface area contributed by atoms with Gasteiger partial charge in [0.1, 0.15) is 23.2 Å². The summed E-state index contributed by atoms with van der Waals surface area (Å²) in [5.41, 5.74) is 3.27. The number of fused-ring (bicyclic) bond motifs is 3. The van der Waals surface area contributed by atoms with Crippen molar-refractivity contribution in [3.63, 3.8) is 0 Å². The smallest absolute Gasteiger partial charge is 0.225 e. The van der Waals surface area contributed by atoms with Crippen LogP contribution in [0.3, 0.4) is 0 Å². The third kappa shape index (κ3) is 3.86. The third-order valence-electron chi connectivity index (χ3n) is 5.96. The van der Waals surface area contributed by atoms with Crippen LogP contribution in [0.25, 0.3) is 22.1 Å². The summed E-state index contributed by atoms with van der Waals surface area (Å²) in [5.74, 6) is 1.51. The molecule has 7 nitrogen and oxygen atoms in total. The maximum atomic E-state index is 13.0. The van der Waals surface area contributed by atoms with Crippen LogP contribution in [0.2, 0.25) is 0 Å². The van der Waals surface area contributed by atoms with Gasteiger partial charge in [0.2, 0.25) is 5.91 Å². The first-order chi connectivity index (χ1) is 15.7. The van der Waals surface area contributed by atoms with Crippen molar-refractivity contribution in [2.45, 2.75) is 26.3 Å². The molecule has 1 atom stereocenters. The predicted octanol–water partition coefficient (Wildman–Crippen LogP) is 4.31. The lowest BCUT2D eigenvalue weighted by Crippen LogP contribution is -2.43. The van der Waals surface area contributed by atoms with Crippen molar-refractivity contribution >= 4 is 33.8 Å². The number of nitrogens with zero attached hydrogens (tertiary/aromatic N) is 3. The summed E-state index contributed by atoms with van der Waals surface area (Å²) in [7, 11) is 0. The van der Waals surface area contributed by atoms with Gasteiger partial charge in [0.15, 0.2) is 11.4 Å². The predicted molar refractivity (Wildman–Crippen MR) is 124 cm³/mol. The van der Waals surface area contributed by atoms with Gasteiger partial charge in [-0.2, -0.15) is 0 Å². The van der Waals surface area contributed by atoms with Crippen LogP contribution in [-0.4, -0.2) is 35.6 Å². The van der Waals surface area contributed by atoms with E-state index in [2.05, 4.69) is 20.2 Å². The van der Waals surface area contributed by atoms with Gasteiger partial charge < -0.3 is 19.4 Å². The molecule has 1 saturated heterocycles. The average Bonchev–Trinajstić information content (AvgIpc) is 3.22.